The molecule has 0 aromatic carbocycles. The lowest BCUT2D eigenvalue weighted by Gasteiger charge is -2.31. The molecule has 1 saturated heterocycles. The molecule has 0 bridgehead atoms. The quantitative estimate of drug-likeness (QED) is 0.624. The van der Waals surface area contributed by atoms with Crippen LogP contribution in [0.5, 0.6) is 0 Å². The number of nitrogens with zero attached hydrogens (tertiary/aromatic N) is 1. The molecule has 1 unspecified atom stereocenters. The van der Waals surface area contributed by atoms with Gasteiger partial charge in [0.05, 0.1) is 12.6 Å². The molecule has 2 N–H and O–H groups in total. The normalized spacial score (nSPS) is 19.7. The van der Waals surface area contributed by atoms with Gasteiger partial charge in [0.25, 0.3) is 0 Å². The molecule has 1 amide bonds. The highest BCUT2D eigenvalue weighted by Gasteiger charge is 2.23. The molecule has 0 radical (unpaired) electrons. The Morgan fingerprint density at radius 1 is 1.43 bits per heavy atom. The van der Waals surface area contributed by atoms with Crippen LogP contribution in [0.2, 0.25) is 0 Å². The topological polar surface area (TPSA) is 78.9 Å². The second-order valence-corrected chi connectivity index (χ2v) is 5.96. The van der Waals surface area contributed by atoms with E-state index in [1.165, 1.54) is 0 Å². The molecule has 6 heteroatoms. The van der Waals surface area contributed by atoms with Crippen LogP contribution in [0, 0.1) is 5.92 Å². The van der Waals surface area contributed by atoms with Gasteiger partial charge in [0.1, 0.15) is 0 Å². The van der Waals surface area contributed by atoms with Crippen molar-refractivity contribution in [2.24, 2.45) is 5.92 Å². The van der Waals surface area contributed by atoms with E-state index in [9.17, 15) is 9.59 Å². The maximum Gasteiger partial charge on any atom is 0.303 e. The van der Waals surface area contributed by atoms with Crippen LogP contribution in [0.4, 0.5) is 0 Å². The number of amides is 1. The molecule has 0 aromatic heterocycles. The second kappa shape index (κ2) is 9.73. The standard InChI is InChI=1S/C15H28N2O4/c1-12(2)21-8-4-6-16-14(18)11-17-7-3-5-13(10-17)9-15(19)20/h12-13H,3-11H2,1-2H3,(H,16,18)(H,19,20). The molecule has 122 valence electrons. The van der Waals surface area contributed by atoms with Crippen molar-refractivity contribution in [2.45, 2.75) is 45.6 Å². The first-order chi connectivity index (χ1) is 9.97. The van der Waals surface area contributed by atoms with Crippen LogP contribution in [-0.4, -0.2) is 60.8 Å². The van der Waals surface area contributed by atoms with Crippen LogP contribution in [0.25, 0.3) is 0 Å². The lowest BCUT2D eigenvalue weighted by Crippen LogP contribution is -2.43. The minimum absolute atomic E-state index is 0.00974. The molecule has 1 aliphatic rings. The fourth-order valence-corrected chi connectivity index (χ4v) is 2.59. The minimum atomic E-state index is -0.753. The van der Waals surface area contributed by atoms with Gasteiger partial charge in [-0.15, -0.1) is 0 Å². The van der Waals surface area contributed by atoms with Crippen molar-refractivity contribution >= 4 is 11.9 Å². The van der Waals surface area contributed by atoms with Crippen LogP contribution in [0.1, 0.15) is 39.5 Å². The van der Waals surface area contributed by atoms with Gasteiger partial charge in [0, 0.05) is 26.1 Å². The number of aliphatic carboxylic acids is 1. The number of carboxylic acids is 1. The van der Waals surface area contributed by atoms with Gasteiger partial charge in [0.2, 0.25) is 5.91 Å². The molecule has 1 fully saturated rings. The number of hydrogen-bond acceptors (Lipinski definition) is 4. The van der Waals surface area contributed by atoms with E-state index in [-0.39, 0.29) is 24.3 Å². The van der Waals surface area contributed by atoms with Crippen molar-refractivity contribution in [3.8, 4) is 0 Å². The zero-order valence-electron chi connectivity index (χ0n) is 13.1. The van der Waals surface area contributed by atoms with Crippen LogP contribution in [-0.2, 0) is 14.3 Å². The Hall–Kier alpha value is -1.14. The van der Waals surface area contributed by atoms with E-state index in [1.54, 1.807) is 0 Å². The van der Waals surface area contributed by atoms with E-state index in [0.29, 0.717) is 26.2 Å². The number of ether oxygens (including phenoxy) is 1. The summed E-state index contributed by atoms with van der Waals surface area (Å²) in [6.07, 6.45) is 3.14. The molecule has 1 heterocycles. The molecule has 0 aromatic rings. The molecule has 21 heavy (non-hydrogen) atoms. The Labute approximate surface area is 126 Å². The number of carbonyl (C=O) groups excluding carboxylic acids is 1. The second-order valence-electron chi connectivity index (χ2n) is 5.96. The summed E-state index contributed by atoms with van der Waals surface area (Å²) in [5, 5.41) is 11.7. The summed E-state index contributed by atoms with van der Waals surface area (Å²) in [6.45, 7) is 7.20. The first-order valence-corrected chi connectivity index (χ1v) is 7.80. The predicted molar refractivity (Wildman–Crippen MR) is 80.1 cm³/mol. The van der Waals surface area contributed by atoms with Gasteiger partial charge in [-0.2, -0.15) is 0 Å². The molecule has 0 saturated carbocycles. The van der Waals surface area contributed by atoms with Crippen molar-refractivity contribution in [1.29, 1.82) is 0 Å². The zero-order valence-corrected chi connectivity index (χ0v) is 13.1. The summed E-state index contributed by atoms with van der Waals surface area (Å²) in [5.41, 5.74) is 0. The highest BCUT2D eigenvalue weighted by atomic mass is 16.5. The summed E-state index contributed by atoms with van der Waals surface area (Å²) in [7, 11) is 0. The first-order valence-electron chi connectivity index (χ1n) is 7.80. The lowest BCUT2D eigenvalue weighted by molar-refractivity contribution is -0.138. The fraction of sp³-hybridized carbons (Fsp3) is 0.867. The third kappa shape index (κ3) is 8.67. The van der Waals surface area contributed by atoms with Gasteiger partial charge in [0.15, 0.2) is 0 Å². The highest BCUT2D eigenvalue weighted by Crippen LogP contribution is 2.19. The highest BCUT2D eigenvalue weighted by molar-refractivity contribution is 5.78. The third-order valence-electron chi connectivity index (χ3n) is 3.53. The summed E-state index contributed by atoms with van der Waals surface area (Å²) < 4.78 is 5.41. The number of rotatable bonds is 9. The number of likely N-dealkylation sites (tertiary alicyclic amines) is 1. The monoisotopic (exact) mass is 300 g/mol. The maximum atomic E-state index is 11.8. The Morgan fingerprint density at radius 2 is 2.19 bits per heavy atom. The Morgan fingerprint density at radius 3 is 2.86 bits per heavy atom. The summed E-state index contributed by atoms with van der Waals surface area (Å²) in [6, 6.07) is 0. The Kier molecular flexibility index (Phi) is 8.30. The van der Waals surface area contributed by atoms with Gasteiger partial charge in [-0.05, 0) is 45.6 Å². The van der Waals surface area contributed by atoms with E-state index in [0.717, 1.165) is 25.8 Å². The van der Waals surface area contributed by atoms with E-state index in [1.807, 2.05) is 13.8 Å². The molecule has 1 rings (SSSR count). The minimum Gasteiger partial charge on any atom is -0.481 e. The number of carbonyl (C=O) groups is 2. The number of nitrogens with one attached hydrogen (secondary N) is 1. The molecule has 1 aliphatic heterocycles. The van der Waals surface area contributed by atoms with E-state index < -0.39 is 5.97 Å². The van der Waals surface area contributed by atoms with Crippen LogP contribution < -0.4 is 5.32 Å². The summed E-state index contributed by atoms with van der Waals surface area (Å²) in [5.74, 6) is -0.574. The van der Waals surface area contributed by atoms with Gasteiger partial charge < -0.3 is 15.2 Å². The SMILES string of the molecule is CC(C)OCCCNC(=O)CN1CCCC(CC(=O)O)C1. The number of hydrogen-bond donors (Lipinski definition) is 2. The van der Waals surface area contributed by atoms with Crippen LogP contribution >= 0.6 is 0 Å². The van der Waals surface area contributed by atoms with Crippen molar-refractivity contribution < 1.29 is 19.4 Å². The average molecular weight is 300 g/mol. The molecule has 1 atom stereocenters. The van der Waals surface area contributed by atoms with Crippen LogP contribution in [0.15, 0.2) is 0 Å². The molecule has 0 aliphatic carbocycles. The summed E-state index contributed by atoms with van der Waals surface area (Å²) in [4.78, 5) is 24.6. The molecular weight excluding hydrogens is 272 g/mol. The van der Waals surface area contributed by atoms with Gasteiger partial charge >= 0.3 is 5.97 Å². The van der Waals surface area contributed by atoms with Crippen LogP contribution in [0.3, 0.4) is 0 Å². The largest absolute Gasteiger partial charge is 0.481 e. The average Bonchev–Trinajstić information content (AvgIpc) is 2.37. The fourth-order valence-electron chi connectivity index (χ4n) is 2.59. The number of piperidine rings is 1. The molecule has 6 nitrogen and oxygen atoms in total. The lowest BCUT2D eigenvalue weighted by atomic mass is 9.95. The van der Waals surface area contributed by atoms with Crippen molar-refractivity contribution in [3.63, 3.8) is 0 Å². The van der Waals surface area contributed by atoms with E-state index in [2.05, 4.69) is 10.2 Å². The zero-order chi connectivity index (χ0) is 15.7. The van der Waals surface area contributed by atoms with E-state index >= 15 is 0 Å². The summed E-state index contributed by atoms with van der Waals surface area (Å²) >= 11 is 0. The van der Waals surface area contributed by atoms with Crippen molar-refractivity contribution in [1.82, 2.24) is 10.2 Å². The smallest absolute Gasteiger partial charge is 0.303 e. The van der Waals surface area contributed by atoms with Gasteiger partial charge in [-0.25, -0.2) is 0 Å². The third-order valence-corrected chi connectivity index (χ3v) is 3.53. The van der Waals surface area contributed by atoms with E-state index in [4.69, 9.17) is 9.84 Å². The van der Waals surface area contributed by atoms with Crippen molar-refractivity contribution in [3.05, 3.63) is 0 Å². The van der Waals surface area contributed by atoms with Crippen molar-refractivity contribution in [2.75, 3.05) is 32.8 Å². The van der Waals surface area contributed by atoms with Gasteiger partial charge in [-0.3, -0.25) is 14.5 Å². The predicted octanol–water partition coefficient (Wildman–Crippen LogP) is 1.10. The molecular formula is C15H28N2O4. The van der Waals surface area contributed by atoms with Gasteiger partial charge in [-0.1, -0.05) is 0 Å². The molecule has 0 spiro atoms. The maximum absolute atomic E-state index is 11.8. The Bertz CT molecular complexity index is 334. The number of carboxylic acid groups (broad SMARTS) is 1. The Balaban J connectivity index is 2.14. The first kappa shape index (κ1) is 17.9.